The third-order valence-corrected chi connectivity index (χ3v) is 4.31. The van der Waals surface area contributed by atoms with Gasteiger partial charge in [-0.2, -0.15) is 0 Å². The Labute approximate surface area is 110 Å². The van der Waals surface area contributed by atoms with Crippen molar-refractivity contribution in [1.29, 1.82) is 0 Å². The standard InChI is InChI=1S/C13H27N3S/c1-5-8-12-9-14-13(17-12)15-11(4)10-16(6-2)7-3/h11-12H,5-10H2,1-4H3,(H,14,15). The van der Waals surface area contributed by atoms with Crippen molar-refractivity contribution in [3.63, 3.8) is 0 Å². The van der Waals surface area contributed by atoms with Gasteiger partial charge in [0.2, 0.25) is 0 Å². The lowest BCUT2D eigenvalue weighted by atomic mass is 10.2. The van der Waals surface area contributed by atoms with Crippen LogP contribution in [0.3, 0.4) is 0 Å². The Balaban J connectivity index is 2.25. The van der Waals surface area contributed by atoms with Gasteiger partial charge in [-0.25, -0.2) is 0 Å². The van der Waals surface area contributed by atoms with E-state index in [-0.39, 0.29) is 0 Å². The molecule has 0 spiro atoms. The molecule has 0 bridgehead atoms. The molecule has 2 unspecified atom stereocenters. The van der Waals surface area contributed by atoms with Gasteiger partial charge in [0.15, 0.2) is 5.17 Å². The zero-order valence-corrected chi connectivity index (χ0v) is 12.5. The molecule has 0 aliphatic carbocycles. The number of rotatable bonds is 7. The normalized spacial score (nSPS) is 21.7. The summed E-state index contributed by atoms with van der Waals surface area (Å²) < 4.78 is 0. The first-order chi connectivity index (χ1) is 8.19. The number of nitrogens with zero attached hydrogens (tertiary/aromatic N) is 2. The van der Waals surface area contributed by atoms with E-state index in [1.807, 2.05) is 11.8 Å². The molecule has 1 heterocycles. The molecule has 0 aromatic heterocycles. The molecule has 4 heteroatoms. The molecule has 100 valence electrons. The SMILES string of the molecule is CCCC1CN=C(NC(C)CN(CC)CC)S1. The zero-order chi connectivity index (χ0) is 12.7. The average molecular weight is 257 g/mol. The van der Waals surface area contributed by atoms with Crippen LogP contribution in [0.25, 0.3) is 0 Å². The Kier molecular flexibility index (Phi) is 6.97. The van der Waals surface area contributed by atoms with Crippen molar-refractivity contribution in [2.75, 3.05) is 26.2 Å². The van der Waals surface area contributed by atoms with Crippen LogP contribution in [0.4, 0.5) is 0 Å². The number of likely N-dealkylation sites (N-methyl/N-ethyl adjacent to an activating group) is 1. The fourth-order valence-electron chi connectivity index (χ4n) is 2.09. The van der Waals surface area contributed by atoms with Crippen LogP contribution in [0.2, 0.25) is 0 Å². The summed E-state index contributed by atoms with van der Waals surface area (Å²) in [6.45, 7) is 13.3. The summed E-state index contributed by atoms with van der Waals surface area (Å²) in [6, 6.07) is 0.488. The van der Waals surface area contributed by atoms with Gasteiger partial charge in [0.05, 0.1) is 6.54 Å². The Morgan fingerprint density at radius 3 is 2.71 bits per heavy atom. The van der Waals surface area contributed by atoms with E-state index in [9.17, 15) is 0 Å². The average Bonchev–Trinajstić information content (AvgIpc) is 2.74. The molecule has 17 heavy (non-hydrogen) atoms. The maximum atomic E-state index is 4.58. The number of nitrogens with one attached hydrogen (secondary N) is 1. The van der Waals surface area contributed by atoms with Crippen LogP contribution in [-0.2, 0) is 0 Å². The summed E-state index contributed by atoms with van der Waals surface area (Å²) in [5, 5.41) is 5.40. The first-order valence-corrected chi connectivity index (χ1v) is 7.77. The second-order valence-electron chi connectivity index (χ2n) is 4.71. The number of aliphatic imine (C=N–C) groups is 1. The van der Waals surface area contributed by atoms with E-state index in [1.54, 1.807) is 0 Å². The largest absolute Gasteiger partial charge is 0.361 e. The van der Waals surface area contributed by atoms with Gasteiger partial charge in [-0.15, -0.1) is 0 Å². The van der Waals surface area contributed by atoms with E-state index < -0.39 is 0 Å². The lowest BCUT2D eigenvalue weighted by Gasteiger charge is -2.23. The highest BCUT2D eigenvalue weighted by Gasteiger charge is 2.20. The maximum Gasteiger partial charge on any atom is 0.157 e. The molecule has 2 atom stereocenters. The third-order valence-electron chi connectivity index (χ3n) is 3.12. The summed E-state index contributed by atoms with van der Waals surface area (Å²) in [5.41, 5.74) is 0. The van der Waals surface area contributed by atoms with Crippen molar-refractivity contribution in [3.8, 4) is 0 Å². The van der Waals surface area contributed by atoms with E-state index >= 15 is 0 Å². The van der Waals surface area contributed by atoms with Crippen LogP contribution in [0, 0.1) is 0 Å². The van der Waals surface area contributed by atoms with Gasteiger partial charge < -0.3 is 10.2 Å². The van der Waals surface area contributed by atoms with Crippen LogP contribution in [-0.4, -0.2) is 47.5 Å². The van der Waals surface area contributed by atoms with Crippen molar-refractivity contribution in [2.45, 2.75) is 51.8 Å². The van der Waals surface area contributed by atoms with Crippen LogP contribution in [0.15, 0.2) is 4.99 Å². The van der Waals surface area contributed by atoms with E-state index in [4.69, 9.17) is 0 Å². The van der Waals surface area contributed by atoms with Crippen LogP contribution >= 0.6 is 11.8 Å². The molecule has 1 aliphatic rings. The van der Waals surface area contributed by atoms with Crippen molar-refractivity contribution in [3.05, 3.63) is 0 Å². The zero-order valence-electron chi connectivity index (χ0n) is 11.7. The van der Waals surface area contributed by atoms with Crippen LogP contribution in [0.5, 0.6) is 0 Å². The van der Waals surface area contributed by atoms with Crippen molar-refractivity contribution >= 4 is 16.9 Å². The maximum absolute atomic E-state index is 4.58. The number of hydrogen-bond donors (Lipinski definition) is 1. The lowest BCUT2D eigenvalue weighted by molar-refractivity contribution is 0.282. The van der Waals surface area contributed by atoms with E-state index in [0.717, 1.165) is 31.3 Å². The summed E-state index contributed by atoms with van der Waals surface area (Å²) >= 11 is 1.93. The summed E-state index contributed by atoms with van der Waals surface area (Å²) in [7, 11) is 0. The lowest BCUT2D eigenvalue weighted by Crippen LogP contribution is -2.40. The number of thioether (sulfide) groups is 1. The Hall–Kier alpha value is -0.220. The van der Waals surface area contributed by atoms with Gasteiger partial charge in [0.25, 0.3) is 0 Å². The fraction of sp³-hybridized carbons (Fsp3) is 0.923. The second kappa shape index (κ2) is 7.98. The third kappa shape index (κ3) is 5.30. The molecule has 0 amide bonds. The van der Waals surface area contributed by atoms with E-state index in [0.29, 0.717) is 11.3 Å². The van der Waals surface area contributed by atoms with Crippen molar-refractivity contribution in [1.82, 2.24) is 10.2 Å². The molecule has 0 aromatic carbocycles. The Morgan fingerprint density at radius 2 is 2.12 bits per heavy atom. The second-order valence-corrected chi connectivity index (χ2v) is 5.99. The summed E-state index contributed by atoms with van der Waals surface area (Å²) in [5.74, 6) is 0. The molecule has 1 aliphatic heterocycles. The first kappa shape index (κ1) is 14.8. The molecular weight excluding hydrogens is 230 g/mol. The smallest absolute Gasteiger partial charge is 0.157 e. The predicted molar refractivity (Wildman–Crippen MR) is 79.0 cm³/mol. The molecule has 1 rings (SSSR count). The summed E-state index contributed by atoms with van der Waals surface area (Å²) in [6.07, 6.45) is 2.54. The summed E-state index contributed by atoms with van der Waals surface area (Å²) in [4.78, 5) is 7.03. The quantitative estimate of drug-likeness (QED) is 0.759. The van der Waals surface area contributed by atoms with Gasteiger partial charge in [0.1, 0.15) is 0 Å². The Bertz CT molecular complexity index is 239. The Morgan fingerprint density at radius 1 is 1.41 bits per heavy atom. The van der Waals surface area contributed by atoms with Crippen molar-refractivity contribution < 1.29 is 0 Å². The predicted octanol–water partition coefficient (Wildman–Crippen LogP) is 2.58. The topological polar surface area (TPSA) is 27.6 Å². The molecular formula is C13H27N3S. The van der Waals surface area contributed by atoms with Gasteiger partial charge in [-0.1, -0.05) is 39.0 Å². The molecule has 0 aromatic rings. The minimum Gasteiger partial charge on any atom is -0.361 e. The molecule has 0 saturated carbocycles. The number of hydrogen-bond acceptors (Lipinski definition) is 4. The molecule has 0 saturated heterocycles. The monoisotopic (exact) mass is 257 g/mol. The highest BCUT2D eigenvalue weighted by Crippen LogP contribution is 2.23. The molecule has 0 fully saturated rings. The van der Waals surface area contributed by atoms with Crippen LogP contribution in [0.1, 0.15) is 40.5 Å². The van der Waals surface area contributed by atoms with Crippen molar-refractivity contribution in [2.24, 2.45) is 4.99 Å². The minimum absolute atomic E-state index is 0.488. The highest BCUT2D eigenvalue weighted by molar-refractivity contribution is 8.14. The first-order valence-electron chi connectivity index (χ1n) is 6.89. The van der Waals surface area contributed by atoms with Gasteiger partial charge >= 0.3 is 0 Å². The van der Waals surface area contributed by atoms with Gasteiger partial charge in [0, 0.05) is 17.8 Å². The highest BCUT2D eigenvalue weighted by atomic mass is 32.2. The van der Waals surface area contributed by atoms with Crippen LogP contribution < -0.4 is 5.32 Å². The minimum atomic E-state index is 0.488. The number of amidine groups is 1. The fourth-order valence-corrected chi connectivity index (χ4v) is 3.33. The molecule has 3 nitrogen and oxygen atoms in total. The van der Waals surface area contributed by atoms with E-state index in [2.05, 4.69) is 42.9 Å². The van der Waals surface area contributed by atoms with Gasteiger partial charge in [-0.05, 0) is 26.4 Å². The molecule has 1 N–H and O–H groups in total. The van der Waals surface area contributed by atoms with E-state index in [1.165, 1.54) is 12.8 Å². The van der Waals surface area contributed by atoms with Gasteiger partial charge in [-0.3, -0.25) is 4.99 Å². The molecule has 0 radical (unpaired) electrons.